The smallest absolute Gasteiger partial charge is 0.191 e. The van der Waals surface area contributed by atoms with Crippen molar-refractivity contribution in [3.8, 4) is 0 Å². The second-order valence-electron chi connectivity index (χ2n) is 5.05. The Bertz CT molecular complexity index is 832. The number of pyridine rings is 1. The van der Waals surface area contributed by atoms with E-state index in [9.17, 15) is 0 Å². The lowest BCUT2D eigenvalue weighted by atomic mass is 10.1. The Morgan fingerprint density at radius 1 is 1.30 bits per heavy atom. The molecule has 1 atom stereocenters. The summed E-state index contributed by atoms with van der Waals surface area (Å²) in [4.78, 5) is 16.5. The van der Waals surface area contributed by atoms with E-state index < -0.39 is 0 Å². The number of nitrogens with two attached hydrogens (primary N) is 2. The van der Waals surface area contributed by atoms with Gasteiger partial charge in [0.15, 0.2) is 5.16 Å². The topological polar surface area (TPSA) is 106 Å². The SMILES string of the molecule is CSc1cc(N)nc(SC(C)c2cc3c(CN)c[nH]c3cn2)n1. The third-order valence-electron chi connectivity index (χ3n) is 3.50. The number of fused-ring (bicyclic) bond motifs is 1. The molecule has 3 heterocycles. The molecular weight excluding hydrogens is 328 g/mol. The van der Waals surface area contributed by atoms with Crippen LogP contribution in [-0.4, -0.2) is 26.2 Å². The number of thioether (sulfide) groups is 2. The molecule has 0 aliphatic rings. The van der Waals surface area contributed by atoms with Crippen molar-refractivity contribution >= 4 is 40.2 Å². The lowest BCUT2D eigenvalue weighted by Crippen LogP contribution is -1.99. The minimum absolute atomic E-state index is 0.108. The van der Waals surface area contributed by atoms with E-state index in [1.165, 1.54) is 0 Å². The van der Waals surface area contributed by atoms with Crippen LogP contribution in [0.3, 0.4) is 0 Å². The number of aromatic amines is 1. The second kappa shape index (κ2) is 6.77. The van der Waals surface area contributed by atoms with E-state index in [-0.39, 0.29) is 5.25 Å². The van der Waals surface area contributed by atoms with Gasteiger partial charge in [0, 0.05) is 24.2 Å². The molecule has 0 aliphatic carbocycles. The molecule has 3 aromatic rings. The van der Waals surface area contributed by atoms with Gasteiger partial charge >= 0.3 is 0 Å². The number of nitrogens with zero attached hydrogens (tertiary/aromatic N) is 3. The molecule has 0 fully saturated rings. The predicted octanol–water partition coefficient (Wildman–Crippen LogP) is 2.97. The number of aromatic nitrogens is 4. The fraction of sp³-hybridized carbons (Fsp3) is 0.267. The number of H-pyrrole nitrogens is 1. The molecule has 0 saturated carbocycles. The average Bonchev–Trinajstić information content (AvgIpc) is 2.96. The number of nitrogens with one attached hydrogen (secondary N) is 1. The third-order valence-corrected chi connectivity index (χ3v) is 5.12. The summed E-state index contributed by atoms with van der Waals surface area (Å²) in [6, 6.07) is 3.85. The van der Waals surface area contributed by atoms with Gasteiger partial charge in [-0.3, -0.25) is 4.98 Å². The summed E-state index contributed by atoms with van der Waals surface area (Å²) in [6.45, 7) is 2.58. The van der Waals surface area contributed by atoms with Crippen LogP contribution in [0.5, 0.6) is 0 Å². The molecule has 0 bridgehead atoms. The molecule has 0 amide bonds. The van der Waals surface area contributed by atoms with E-state index in [1.807, 2.05) is 18.6 Å². The molecule has 6 nitrogen and oxygen atoms in total. The number of hydrogen-bond acceptors (Lipinski definition) is 7. The zero-order valence-electron chi connectivity index (χ0n) is 12.9. The third kappa shape index (κ3) is 3.44. The van der Waals surface area contributed by atoms with Gasteiger partial charge < -0.3 is 16.5 Å². The van der Waals surface area contributed by atoms with Gasteiger partial charge in [-0.05, 0) is 24.8 Å². The molecule has 0 radical (unpaired) electrons. The molecule has 3 rings (SSSR count). The van der Waals surface area contributed by atoms with Gasteiger partial charge in [-0.2, -0.15) is 0 Å². The van der Waals surface area contributed by atoms with Crippen molar-refractivity contribution in [1.82, 2.24) is 19.9 Å². The second-order valence-corrected chi connectivity index (χ2v) is 7.19. The summed E-state index contributed by atoms with van der Waals surface area (Å²) < 4.78 is 0. The highest BCUT2D eigenvalue weighted by atomic mass is 32.2. The Kier molecular flexibility index (Phi) is 4.74. The minimum Gasteiger partial charge on any atom is -0.384 e. The van der Waals surface area contributed by atoms with Crippen LogP contribution in [-0.2, 0) is 6.54 Å². The molecule has 0 spiro atoms. The molecule has 120 valence electrons. The first kappa shape index (κ1) is 16.1. The molecule has 8 heteroatoms. The highest BCUT2D eigenvalue weighted by molar-refractivity contribution is 7.99. The first-order valence-electron chi connectivity index (χ1n) is 7.12. The van der Waals surface area contributed by atoms with Crippen molar-refractivity contribution in [3.63, 3.8) is 0 Å². The van der Waals surface area contributed by atoms with E-state index in [0.29, 0.717) is 17.5 Å². The standard InChI is InChI=1S/C15H18N6S2/c1-8(23-15-20-13(17)4-14(21-15)22-2)11-3-10-9(5-16)6-18-12(10)7-19-11/h3-4,6-8,18H,5,16H2,1-2H3,(H2,17,20,21). The molecule has 23 heavy (non-hydrogen) atoms. The lowest BCUT2D eigenvalue weighted by Gasteiger charge is -2.11. The fourth-order valence-corrected chi connectivity index (χ4v) is 3.63. The zero-order valence-corrected chi connectivity index (χ0v) is 14.5. The Morgan fingerprint density at radius 3 is 2.87 bits per heavy atom. The van der Waals surface area contributed by atoms with Crippen LogP contribution in [0.1, 0.15) is 23.4 Å². The first-order chi connectivity index (χ1) is 11.1. The molecule has 5 N–H and O–H groups in total. The summed E-state index contributed by atoms with van der Waals surface area (Å²) in [5.41, 5.74) is 14.7. The summed E-state index contributed by atoms with van der Waals surface area (Å²) in [6.07, 6.45) is 5.74. The summed E-state index contributed by atoms with van der Waals surface area (Å²) in [5.74, 6) is 0.485. The largest absolute Gasteiger partial charge is 0.384 e. The van der Waals surface area contributed by atoms with Crippen LogP contribution in [0.4, 0.5) is 5.82 Å². The minimum atomic E-state index is 0.108. The summed E-state index contributed by atoms with van der Waals surface area (Å²) in [7, 11) is 0. The van der Waals surface area contributed by atoms with Gasteiger partial charge in [-0.15, -0.1) is 11.8 Å². The van der Waals surface area contributed by atoms with Gasteiger partial charge in [0.1, 0.15) is 10.8 Å². The molecule has 0 aliphatic heterocycles. The van der Waals surface area contributed by atoms with E-state index in [0.717, 1.165) is 27.2 Å². The van der Waals surface area contributed by atoms with Gasteiger partial charge in [-0.25, -0.2) is 9.97 Å². The van der Waals surface area contributed by atoms with Gasteiger partial charge in [0.25, 0.3) is 0 Å². The number of anilines is 1. The van der Waals surface area contributed by atoms with Crippen LogP contribution in [0.2, 0.25) is 0 Å². The summed E-state index contributed by atoms with van der Waals surface area (Å²) in [5, 5.41) is 2.75. The van der Waals surface area contributed by atoms with Crippen molar-refractivity contribution < 1.29 is 0 Å². The van der Waals surface area contributed by atoms with E-state index >= 15 is 0 Å². The van der Waals surface area contributed by atoms with E-state index in [4.69, 9.17) is 11.5 Å². The molecule has 3 aromatic heterocycles. The van der Waals surface area contributed by atoms with Gasteiger partial charge in [-0.1, -0.05) is 11.8 Å². The lowest BCUT2D eigenvalue weighted by molar-refractivity contribution is 0.888. The van der Waals surface area contributed by atoms with E-state index in [2.05, 4.69) is 32.9 Å². The van der Waals surface area contributed by atoms with Gasteiger partial charge in [0.2, 0.25) is 0 Å². The number of rotatable bonds is 5. The van der Waals surface area contributed by atoms with Crippen molar-refractivity contribution in [1.29, 1.82) is 0 Å². The summed E-state index contributed by atoms with van der Waals surface area (Å²) >= 11 is 3.10. The maximum Gasteiger partial charge on any atom is 0.191 e. The predicted molar refractivity (Wildman–Crippen MR) is 96.5 cm³/mol. The maximum absolute atomic E-state index is 5.84. The number of nitrogen functional groups attached to an aromatic ring is 1. The highest BCUT2D eigenvalue weighted by Crippen LogP contribution is 2.34. The average molecular weight is 346 g/mol. The van der Waals surface area contributed by atoms with Crippen LogP contribution in [0, 0.1) is 0 Å². The van der Waals surface area contributed by atoms with Crippen molar-refractivity contribution in [3.05, 3.63) is 35.8 Å². The number of hydrogen-bond donors (Lipinski definition) is 3. The first-order valence-corrected chi connectivity index (χ1v) is 9.22. The Balaban J connectivity index is 1.88. The van der Waals surface area contributed by atoms with Crippen LogP contribution in [0.15, 0.2) is 34.7 Å². The highest BCUT2D eigenvalue weighted by Gasteiger charge is 2.14. The quantitative estimate of drug-likeness (QED) is 0.370. The van der Waals surface area contributed by atoms with Crippen LogP contribution in [0.25, 0.3) is 10.9 Å². The van der Waals surface area contributed by atoms with Crippen molar-refractivity contribution in [2.75, 3.05) is 12.0 Å². The molecular formula is C15H18N6S2. The Hall–Kier alpha value is -1.77. The molecule has 0 saturated heterocycles. The van der Waals surface area contributed by atoms with Crippen molar-refractivity contribution in [2.24, 2.45) is 5.73 Å². The Labute approximate surface area is 142 Å². The maximum atomic E-state index is 5.84. The van der Waals surface area contributed by atoms with Crippen LogP contribution < -0.4 is 11.5 Å². The monoisotopic (exact) mass is 346 g/mol. The zero-order chi connectivity index (χ0) is 16.4. The molecule has 1 unspecified atom stereocenters. The Morgan fingerprint density at radius 2 is 2.13 bits per heavy atom. The van der Waals surface area contributed by atoms with Gasteiger partial charge in [0.05, 0.1) is 22.7 Å². The van der Waals surface area contributed by atoms with Crippen LogP contribution >= 0.6 is 23.5 Å². The van der Waals surface area contributed by atoms with Crippen molar-refractivity contribution in [2.45, 2.75) is 28.9 Å². The fourth-order valence-electron chi connectivity index (χ4n) is 2.28. The van der Waals surface area contributed by atoms with E-state index in [1.54, 1.807) is 29.6 Å². The molecule has 0 aromatic carbocycles. The normalized spacial score (nSPS) is 12.7.